The van der Waals surface area contributed by atoms with Gasteiger partial charge in [0, 0.05) is 12.7 Å². The molecule has 0 aromatic rings. The van der Waals surface area contributed by atoms with Gasteiger partial charge in [-0.15, -0.1) is 11.8 Å². The molecule has 0 radical (unpaired) electrons. The van der Waals surface area contributed by atoms with E-state index in [1.54, 1.807) is 0 Å². The van der Waals surface area contributed by atoms with Crippen LogP contribution in [0.15, 0.2) is 0 Å². The van der Waals surface area contributed by atoms with Gasteiger partial charge in [-0.1, -0.05) is 0 Å². The van der Waals surface area contributed by atoms with E-state index in [0.29, 0.717) is 0 Å². The van der Waals surface area contributed by atoms with E-state index in [1.807, 2.05) is 0 Å². The number of thioether (sulfide) groups is 1. The van der Waals surface area contributed by atoms with Gasteiger partial charge in [-0.05, 0) is 6.92 Å². The van der Waals surface area contributed by atoms with E-state index in [2.05, 4.69) is 0 Å². The third kappa shape index (κ3) is 2.87. The van der Waals surface area contributed by atoms with Crippen molar-refractivity contribution in [2.24, 2.45) is 0 Å². The Labute approximate surface area is 103 Å². The molecule has 1 rings (SSSR count). The minimum atomic E-state index is -1.48. The first kappa shape index (κ1) is 18.1. The number of carboxylic acids is 2. The Morgan fingerprint density at radius 2 is 1.76 bits per heavy atom. The first-order valence-corrected chi connectivity index (χ1v) is 5.19. The molecule has 8 nitrogen and oxygen atoms in total. The predicted octanol–water partition coefficient (Wildman–Crippen LogP) is 0.160. The summed E-state index contributed by atoms with van der Waals surface area (Å²) in [6, 6.07) is -1.06. The van der Waals surface area contributed by atoms with Crippen molar-refractivity contribution < 1.29 is 24.6 Å². The molecule has 1 aliphatic rings. The molecule has 100 valence electrons. The number of rotatable bonds is 2. The molecule has 1 saturated heterocycles. The maximum Gasteiger partial charge on any atom is 0.340 e. The summed E-state index contributed by atoms with van der Waals surface area (Å²) >= 11 is 0.950. The minimum Gasteiger partial charge on any atom is -0.480 e. The maximum absolute atomic E-state index is 11.3. The van der Waals surface area contributed by atoms with Crippen LogP contribution in [0.5, 0.6) is 0 Å². The van der Waals surface area contributed by atoms with E-state index in [-0.39, 0.29) is 18.1 Å². The van der Waals surface area contributed by atoms with Crippen molar-refractivity contribution in [1.82, 2.24) is 17.2 Å². The number of carbonyl (C=O) groups is 3. The Bertz CT molecular complexity index is 337. The molecule has 2 unspecified atom stereocenters. The highest BCUT2D eigenvalue weighted by Crippen LogP contribution is 2.39. The van der Waals surface area contributed by atoms with Crippen molar-refractivity contribution in [3.05, 3.63) is 0 Å². The largest absolute Gasteiger partial charge is 0.480 e. The SMILES string of the molecule is CC(=O)N1C(C(=O)O)CSC1(C)C(=O)O.N.N. The fourth-order valence-corrected chi connectivity index (χ4v) is 2.84. The van der Waals surface area contributed by atoms with E-state index in [9.17, 15) is 14.4 Å². The molecule has 1 aliphatic heterocycles. The molecule has 8 N–H and O–H groups in total. The molecule has 0 aromatic carbocycles. The molecule has 2 atom stereocenters. The summed E-state index contributed by atoms with van der Waals surface area (Å²) in [5.41, 5.74) is 0. The van der Waals surface area contributed by atoms with Crippen LogP contribution in [0, 0.1) is 0 Å². The van der Waals surface area contributed by atoms with Gasteiger partial charge in [0.05, 0.1) is 0 Å². The zero-order valence-electron chi connectivity index (χ0n) is 9.67. The van der Waals surface area contributed by atoms with Gasteiger partial charge in [0.15, 0.2) is 4.87 Å². The fraction of sp³-hybridized carbons (Fsp3) is 0.625. The van der Waals surface area contributed by atoms with Gasteiger partial charge < -0.3 is 27.4 Å². The van der Waals surface area contributed by atoms with Crippen molar-refractivity contribution >= 4 is 29.6 Å². The monoisotopic (exact) mass is 267 g/mol. The predicted molar refractivity (Wildman–Crippen MR) is 62.5 cm³/mol. The third-order valence-electron chi connectivity index (χ3n) is 2.31. The molecule has 17 heavy (non-hydrogen) atoms. The second-order valence-corrected chi connectivity index (χ2v) is 4.76. The second kappa shape index (κ2) is 5.84. The molecule has 1 amide bonds. The molecule has 0 aliphatic carbocycles. The molecule has 0 spiro atoms. The normalized spacial score (nSPS) is 26.7. The highest BCUT2D eigenvalue weighted by molar-refractivity contribution is 8.01. The van der Waals surface area contributed by atoms with Gasteiger partial charge in [0.1, 0.15) is 6.04 Å². The van der Waals surface area contributed by atoms with Crippen LogP contribution in [0.2, 0.25) is 0 Å². The second-order valence-electron chi connectivity index (χ2n) is 3.34. The van der Waals surface area contributed by atoms with Crippen molar-refractivity contribution in [2.75, 3.05) is 5.75 Å². The van der Waals surface area contributed by atoms with Crippen molar-refractivity contribution in [3.63, 3.8) is 0 Å². The molecule has 9 heteroatoms. The lowest BCUT2D eigenvalue weighted by molar-refractivity contribution is -0.157. The molecule has 1 heterocycles. The standard InChI is InChI=1S/C8H11NO5S.2H3N/c1-4(10)9-5(6(11)12)3-15-8(9,2)7(13)14;;/h5H,3H2,1-2H3,(H,11,12)(H,13,14);2*1H3. The Kier molecular flexibility index (Phi) is 6.21. The summed E-state index contributed by atoms with van der Waals surface area (Å²) in [6.45, 7) is 2.51. The fourth-order valence-electron chi connectivity index (χ4n) is 1.55. The first-order valence-electron chi connectivity index (χ1n) is 4.20. The first-order chi connectivity index (χ1) is 6.80. The van der Waals surface area contributed by atoms with Gasteiger partial charge in [0.2, 0.25) is 5.91 Å². The Balaban J connectivity index is 0. The van der Waals surface area contributed by atoms with E-state index < -0.39 is 28.8 Å². The van der Waals surface area contributed by atoms with Gasteiger partial charge >= 0.3 is 11.9 Å². The number of hydrogen-bond donors (Lipinski definition) is 4. The minimum absolute atomic E-state index is 0. The molecule has 0 saturated carbocycles. The van der Waals surface area contributed by atoms with Gasteiger partial charge in [-0.2, -0.15) is 0 Å². The number of nitrogens with zero attached hydrogens (tertiary/aromatic N) is 1. The summed E-state index contributed by atoms with van der Waals surface area (Å²) in [5, 5.41) is 17.8. The maximum atomic E-state index is 11.3. The number of carbonyl (C=O) groups excluding carboxylic acids is 1. The summed E-state index contributed by atoms with van der Waals surface area (Å²) in [6.07, 6.45) is 0. The Morgan fingerprint density at radius 3 is 2.06 bits per heavy atom. The van der Waals surface area contributed by atoms with Crippen LogP contribution in [0.4, 0.5) is 0 Å². The molecule has 0 bridgehead atoms. The molecular formula is C8H17N3O5S. The summed E-state index contributed by atoms with van der Waals surface area (Å²) in [5.74, 6) is -2.83. The number of hydrogen-bond acceptors (Lipinski definition) is 6. The van der Waals surface area contributed by atoms with Crippen molar-refractivity contribution in [2.45, 2.75) is 24.8 Å². The van der Waals surface area contributed by atoms with Crippen molar-refractivity contribution in [3.8, 4) is 0 Å². The molecular weight excluding hydrogens is 250 g/mol. The average molecular weight is 267 g/mol. The molecule has 1 fully saturated rings. The number of amides is 1. The van der Waals surface area contributed by atoms with Gasteiger partial charge in [0.25, 0.3) is 0 Å². The lowest BCUT2D eigenvalue weighted by Crippen LogP contribution is -2.54. The number of carboxylic acid groups (broad SMARTS) is 2. The van der Waals surface area contributed by atoms with Crippen LogP contribution >= 0.6 is 11.8 Å². The Morgan fingerprint density at radius 1 is 1.29 bits per heavy atom. The lowest BCUT2D eigenvalue weighted by Gasteiger charge is -2.31. The lowest BCUT2D eigenvalue weighted by atomic mass is 10.2. The quantitative estimate of drug-likeness (QED) is 0.549. The molecule has 0 aromatic heterocycles. The number of aliphatic carboxylic acids is 2. The van der Waals surface area contributed by atoms with E-state index in [0.717, 1.165) is 16.7 Å². The van der Waals surface area contributed by atoms with E-state index >= 15 is 0 Å². The van der Waals surface area contributed by atoms with Crippen LogP contribution in [0.25, 0.3) is 0 Å². The zero-order valence-corrected chi connectivity index (χ0v) is 10.5. The van der Waals surface area contributed by atoms with E-state index in [1.165, 1.54) is 13.8 Å². The van der Waals surface area contributed by atoms with Crippen LogP contribution in [-0.2, 0) is 14.4 Å². The Hall–Kier alpha value is -1.32. The average Bonchev–Trinajstić information content (AvgIpc) is 2.44. The van der Waals surface area contributed by atoms with Gasteiger partial charge in [-0.3, -0.25) is 4.79 Å². The smallest absolute Gasteiger partial charge is 0.340 e. The van der Waals surface area contributed by atoms with Crippen LogP contribution < -0.4 is 12.3 Å². The summed E-state index contributed by atoms with van der Waals surface area (Å²) in [4.78, 5) is 32.5. The highest BCUT2D eigenvalue weighted by atomic mass is 32.2. The summed E-state index contributed by atoms with van der Waals surface area (Å²) < 4.78 is 0. The van der Waals surface area contributed by atoms with E-state index in [4.69, 9.17) is 10.2 Å². The highest BCUT2D eigenvalue weighted by Gasteiger charge is 2.53. The summed E-state index contributed by atoms with van der Waals surface area (Å²) in [7, 11) is 0. The topological polar surface area (TPSA) is 165 Å². The zero-order chi connectivity index (χ0) is 11.8. The van der Waals surface area contributed by atoms with Crippen LogP contribution in [0.1, 0.15) is 13.8 Å². The van der Waals surface area contributed by atoms with Gasteiger partial charge in [-0.25, -0.2) is 9.59 Å². The van der Waals surface area contributed by atoms with Crippen LogP contribution in [-0.4, -0.2) is 49.6 Å². The van der Waals surface area contributed by atoms with Crippen LogP contribution in [0.3, 0.4) is 0 Å². The third-order valence-corrected chi connectivity index (χ3v) is 3.73. The van der Waals surface area contributed by atoms with Crippen molar-refractivity contribution in [1.29, 1.82) is 0 Å².